The van der Waals surface area contributed by atoms with Crippen molar-refractivity contribution in [1.29, 1.82) is 0 Å². The number of ether oxygens (including phenoxy) is 2. The molecule has 0 amide bonds. The van der Waals surface area contributed by atoms with Crippen molar-refractivity contribution in [3.63, 3.8) is 0 Å². The number of hydrogen-bond acceptors (Lipinski definition) is 5. The first kappa shape index (κ1) is 45.1. The number of aliphatic hydroxyl groups is 1. The monoisotopic (exact) mass is 667 g/mol. The average molecular weight is 667 g/mol. The second-order valence-corrected chi connectivity index (χ2v) is 12.3. The molecule has 0 spiro atoms. The molecule has 0 radical (unpaired) electrons. The van der Waals surface area contributed by atoms with E-state index in [0.717, 1.165) is 109 Å². The summed E-state index contributed by atoms with van der Waals surface area (Å²) in [6, 6.07) is 0. The van der Waals surface area contributed by atoms with Crippen molar-refractivity contribution in [2.75, 3.05) is 13.2 Å². The lowest BCUT2D eigenvalue weighted by atomic mass is 10.1. The Morgan fingerprint density at radius 1 is 0.500 bits per heavy atom. The lowest BCUT2D eigenvalue weighted by molar-refractivity contribution is -0.161. The lowest BCUT2D eigenvalue weighted by Gasteiger charge is -2.15. The first-order valence-electron chi connectivity index (χ1n) is 19.1. The molecule has 0 aliphatic heterocycles. The van der Waals surface area contributed by atoms with E-state index in [1.165, 1.54) is 19.3 Å². The minimum atomic E-state index is -0.792. The van der Waals surface area contributed by atoms with E-state index in [1.807, 2.05) is 0 Å². The van der Waals surface area contributed by atoms with Gasteiger partial charge in [-0.25, -0.2) is 0 Å². The average Bonchev–Trinajstić information content (AvgIpc) is 3.09. The Morgan fingerprint density at radius 3 is 1.35 bits per heavy atom. The van der Waals surface area contributed by atoms with Crippen LogP contribution in [0.25, 0.3) is 0 Å². The van der Waals surface area contributed by atoms with Crippen molar-refractivity contribution in [3.05, 3.63) is 85.1 Å². The molecule has 0 aromatic carbocycles. The minimum Gasteiger partial charge on any atom is -0.462 e. The summed E-state index contributed by atoms with van der Waals surface area (Å²) in [6.07, 6.45) is 52.1. The Kier molecular flexibility index (Phi) is 36.2. The van der Waals surface area contributed by atoms with Crippen LogP contribution in [0.4, 0.5) is 0 Å². The van der Waals surface area contributed by atoms with Gasteiger partial charge in [-0.15, -0.1) is 0 Å². The molecular weight excluding hydrogens is 596 g/mol. The molecule has 0 fully saturated rings. The number of aliphatic hydroxyl groups excluding tert-OH is 1. The van der Waals surface area contributed by atoms with E-state index < -0.39 is 6.10 Å². The van der Waals surface area contributed by atoms with Crippen molar-refractivity contribution < 1.29 is 24.2 Å². The van der Waals surface area contributed by atoms with Gasteiger partial charge in [-0.05, 0) is 83.5 Å². The van der Waals surface area contributed by atoms with Crippen LogP contribution >= 0.6 is 0 Å². The van der Waals surface area contributed by atoms with Crippen LogP contribution in [0, 0.1) is 0 Å². The van der Waals surface area contributed by atoms with Crippen LogP contribution in [-0.4, -0.2) is 36.4 Å². The SMILES string of the molecule is CC/C=C\C/C=C\C/C=C\C/C=C\C/C=C\CCCCCCCC(=O)OC(CO)COC(=O)CCCCCCC/C=C\C/C=C\CCC. The van der Waals surface area contributed by atoms with Crippen LogP contribution in [0.1, 0.15) is 155 Å². The molecule has 1 unspecified atom stereocenters. The summed E-state index contributed by atoms with van der Waals surface area (Å²) in [5.41, 5.74) is 0. The zero-order valence-electron chi connectivity index (χ0n) is 30.7. The first-order chi connectivity index (χ1) is 23.6. The second kappa shape index (κ2) is 38.5. The molecule has 0 aliphatic rings. The molecular formula is C43H70O5. The standard InChI is InChI=1S/C43H70O5/c1-3-5-7-9-11-13-15-17-18-19-20-21-22-23-24-26-28-30-32-34-36-38-43(46)48-41(39-44)40-47-42(45)37-35-33-31-29-27-25-16-14-12-10-8-6-4-2/h5,7-8,10-11,13-14,16-18,20-21,23-24,41,44H,3-4,6,9,12,15,19,22,25-40H2,1-2H3/b7-5-,10-8-,13-11-,16-14-,18-17-,21-20-,24-23-. The number of carbonyl (C=O) groups excluding carboxylic acids is 2. The Hall–Kier alpha value is -2.92. The third kappa shape index (κ3) is 35.9. The molecule has 1 atom stereocenters. The van der Waals surface area contributed by atoms with Gasteiger partial charge in [0.15, 0.2) is 6.10 Å². The number of unbranched alkanes of at least 4 members (excludes halogenated alkanes) is 11. The molecule has 5 heteroatoms. The van der Waals surface area contributed by atoms with Crippen LogP contribution in [0.2, 0.25) is 0 Å². The number of allylic oxidation sites excluding steroid dienone is 14. The third-order valence-electron chi connectivity index (χ3n) is 7.65. The first-order valence-corrected chi connectivity index (χ1v) is 19.1. The van der Waals surface area contributed by atoms with E-state index >= 15 is 0 Å². The molecule has 0 aromatic heterocycles. The van der Waals surface area contributed by atoms with Gasteiger partial charge in [-0.2, -0.15) is 0 Å². The normalized spacial score (nSPS) is 13.1. The van der Waals surface area contributed by atoms with Gasteiger partial charge in [0, 0.05) is 12.8 Å². The van der Waals surface area contributed by atoms with E-state index in [-0.39, 0.29) is 25.2 Å². The Morgan fingerprint density at radius 2 is 0.896 bits per heavy atom. The summed E-state index contributed by atoms with van der Waals surface area (Å²) < 4.78 is 10.6. The van der Waals surface area contributed by atoms with Crippen molar-refractivity contribution >= 4 is 11.9 Å². The zero-order valence-corrected chi connectivity index (χ0v) is 30.7. The Bertz CT molecular complexity index is 937. The van der Waals surface area contributed by atoms with Gasteiger partial charge < -0.3 is 14.6 Å². The number of hydrogen-bond donors (Lipinski definition) is 1. The highest BCUT2D eigenvalue weighted by molar-refractivity contribution is 5.70. The maximum atomic E-state index is 12.2. The van der Waals surface area contributed by atoms with Crippen molar-refractivity contribution in [1.82, 2.24) is 0 Å². The minimum absolute atomic E-state index is 0.0865. The second-order valence-electron chi connectivity index (χ2n) is 12.3. The Balaban J connectivity index is 3.67. The van der Waals surface area contributed by atoms with Gasteiger partial charge in [0.1, 0.15) is 6.61 Å². The highest BCUT2D eigenvalue weighted by Gasteiger charge is 2.16. The van der Waals surface area contributed by atoms with Crippen LogP contribution in [0.3, 0.4) is 0 Å². The van der Waals surface area contributed by atoms with Crippen LogP contribution < -0.4 is 0 Å². The lowest BCUT2D eigenvalue weighted by Crippen LogP contribution is -2.28. The molecule has 1 N–H and O–H groups in total. The number of esters is 2. The molecule has 0 aromatic rings. The van der Waals surface area contributed by atoms with Crippen molar-refractivity contribution in [2.24, 2.45) is 0 Å². The fourth-order valence-corrected chi connectivity index (χ4v) is 4.79. The quantitative estimate of drug-likeness (QED) is 0.0429. The summed E-state index contributed by atoms with van der Waals surface area (Å²) >= 11 is 0. The van der Waals surface area contributed by atoms with Crippen molar-refractivity contribution in [3.8, 4) is 0 Å². The molecule has 5 nitrogen and oxygen atoms in total. The maximum Gasteiger partial charge on any atom is 0.306 e. The molecule has 48 heavy (non-hydrogen) atoms. The Labute approximate surface area is 295 Å². The van der Waals surface area contributed by atoms with Gasteiger partial charge in [0.2, 0.25) is 0 Å². The highest BCUT2D eigenvalue weighted by Crippen LogP contribution is 2.11. The predicted molar refractivity (Wildman–Crippen MR) is 205 cm³/mol. The summed E-state index contributed by atoms with van der Waals surface area (Å²) in [6.45, 7) is 3.91. The van der Waals surface area contributed by atoms with Gasteiger partial charge in [-0.1, -0.05) is 144 Å². The van der Waals surface area contributed by atoms with Crippen molar-refractivity contribution in [2.45, 2.75) is 161 Å². The fraction of sp³-hybridized carbons (Fsp3) is 0.628. The van der Waals surface area contributed by atoms with Gasteiger partial charge in [0.05, 0.1) is 6.61 Å². The number of rotatable bonds is 33. The van der Waals surface area contributed by atoms with Crippen LogP contribution in [0.5, 0.6) is 0 Å². The van der Waals surface area contributed by atoms with Crippen LogP contribution in [0.15, 0.2) is 85.1 Å². The fourth-order valence-electron chi connectivity index (χ4n) is 4.79. The summed E-state index contributed by atoms with van der Waals surface area (Å²) in [7, 11) is 0. The summed E-state index contributed by atoms with van der Waals surface area (Å²) in [5.74, 6) is -0.639. The molecule has 0 bridgehead atoms. The molecule has 0 aliphatic carbocycles. The van der Waals surface area contributed by atoms with E-state index in [4.69, 9.17) is 9.47 Å². The topological polar surface area (TPSA) is 72.8 Å². The van der Waals surface area contributed by atoms with E-state index in [2.05, 4.69) is 98.9 Å². The predicted octanol–water partition coefficient (Wildman–Crippen LogP) is 11.9. The maximum absolute atomic E-state index is 12.2. The number of carbonyl (C=O) groups is 2. The third-order valence-corrected chi connectivity index (χ3v) is 7.65. The molecule has 0 heterocycles. The van der Waals surface area contributed by atoms with Gasteiger partial charge >= 0.3 is 11.9 Å². The molecule has 0 saturated carbocycles. The van der Waals surface area contributed by atoms with E-state index in [9.17, 15) is 14.7 Å². The highest BCUT2D eigenvalue weighted by atomic mass is 16.6. The van der Waals surface area contributed by atoms with E-state index in [0.29, 0.717) is 12.8 Å². The largest absolute Gasteiger partial charge is 0.462 e. The molecule has 272 valence electrons. The molecule has 0 saturated heterocycles. The smallest absolute Gasteiger partial charge is 0.306 e. The summed E-state index contributed by atoms with van der Waals surface area (Å²) in [4.78, 5) is 24.2. The van der Waals surface area contributed by atoms with Crippen LogP contribution in [-0.2, 0) is 19.1 Å². The van der Waals surface area contributed by atoms with E-state index in [1.54, 1.807) is 0 Å². The molecule has 0 rings (SSSR count). The zero-order chi connectivity index (χ0) is 35.0. The van der Waals surface area contributed by atoms with Gasteiger partial charge in [-0.3, -0.25) is 9.59 Å². The van der Waals surface area contributed by atoms with Gasteiger partial charge in [0.25, 0.3) is 0 Å². The summed E-state index contributed by atoms with van der Waals surface area (Å²) in [5, 5.41) is 9.54.